The minimum absolute atomic E-state index is 0.336. The van der Waals surface area contributed by atoms with E-state index in [2.05, 4.69) is 4.98 Å². The van der Waals surface area contributed by atoms with Crippen LogP contribution in [0.25, 0.3) is 10.6 Å². The van der Waals surface area contributed by atoms with E-state index in [1.807, 2.05) is 36.4 Å². The highest BCUT2D eigenvalue weighted by molar-refractivity contribution is 7.13. The van der Waals surface area contributed by atoms with Gasteiger partial charge in [-0.05, 0) is 12.1 Å². The number of benzene rings is 2. The van der Waals surface area contributed by atoms with Gasteiger partial charge in [0.05, 0.1) is 10.9 Å². The molecule has 1 heterocycles. The molecule has 0 aliphatic rings. The molecule has 20 heavy (non-hydrogen) atoms. The zero-order valence-electron chi connectivity index (χ0n) is 10.5. The fourth-order valence-electron chi connectivity index (χ4n) is 1.75. The summed E-state index contributed by atoms with van der Waals surface area (Å²) in [4.78, 5) is 16.2. The van der Waals surface area contributed by atoms with Crippen molar-refractivity contribution in [3.8, 4) is 16.5 Å². The second-order valence-corrected chi connectivity index (χ2v) is 4.97. The number of hydrogen-bond acceptors (Lipinski definition) is 4. The van der Waals surface area contributed by atoms with Crippen LogP contribution in [0, 0.1) is 0 Å². The average Bonchev–Trinajstić information content (AvgIpc) is 2.97. The highest BCUT2D eigenvalue weighted by Crippen LogP contribution is 2.27. The molecule has 0 bridgehead atoms. The van der Waals surface area contributed by atoms with Crippen molar-refractivity contribution >= 4 is 17.3 Å². The molecule has 3 nitrogen and oxygen atoms in total. The lowest BCUT2D eigenvalue weighted by molar-refractivity contribution is 0.0729. The van der Waals surface area contributed by atoms with Gasteiger partial charge in [-0.25, -0.2) is 9.78 Å². The van der Waals surface area contributed by atoms with Crippen molar-refractivity contribution < 1.29 is 9.53 Å². The normalized spacial score (nSPS) is 10.2. The fourth-order valence-corrected chi connectivity index (χ4v) is 2.48. The van der Waals surface area contributed by atoms with Crippen molar-refractivity contribution in [2.24, 2.45) is 0 Å². The minimum atomic E-state index is -0.393. The number of nitrogens with zero attached hydrogens (tertiary/aromatic N) is 1. The summed E-state index contributed by atoms with van der Waals surface area (Å²) < 4.78 is 5.26. The maximum Gasteiger partial charge on any atom is 0.344 e. The molecule has 0 atom stereocenters. The SMILES string of the molecule is O=C(Oc1csc(-c2ccccc2)n1)c1ccccc1. The monoisotopic (exact) mass is 281 g/mol. The molecule has 98 valence electrons. The predicted octanol–water partition coefficient (Wildman–Crippen LogP) is 4.03. The predicted molar refractivity (Wildman–Crippen MR) is 79.0 cm³/mol. The molecule has 0 aliphatic heterocycles. The molecule has 0 spiro atoms. The largest absolute Gasteiger partial charge is 0.403 e. The highest BCUT2D eigenvalue weighted by Gasteiger charge is 2.11. The highest BCUT2D eigenvalue weighted by atomic mass is 32.1. The summed E-state index contributed by atoms with van der Waals surface area (Å²) in [5.74, 6) is -0.0572. The Hall–Kier alpha value is -2.46. The zero-order valence-corrected chi connectivity index (χ0v) is 11.3. The van der Waals surface area contributed by atoms with E-state index in [1.54, 1.807) is 29.6 Å². The molecule has 1 aromatic heterocycles. The first-order valence-electron chi connectivity index (χ1n) is 6.11. The summed E-state index contributed by atoms with van der Waals surface area (Å²) in [7, 11) is 0. The minimum Gasteiger partial charge on any atom is -0.403 e. The molecular formula is C16H11NO2S. The van der Waals surface area contributed by atoms with Gasteiger partial charge in [0.1, 0.15) is 5.01 Å². The molecule has 3 aromatic rings. The van der Waals surface area contributed by atoms with Gasteiger partial charge in [-0.15, -0.1) is 11.3 Å². The van der Waals surface area contributed by atoms with E-state index in [-0.39, 0.29) is 0 Å². The lowest BCUT2D eigenvalue weighted by atomic mass is 10.2. The Balaban J connectivity index is 1.77. The van der Waals surface area contributed by atoms with E-state index >= 15 is 0 Å². The smallest absolute Gasteiger partial charge is 0.344 e. The Morgan fingerprint density at radius 3 is 2.30 bits per heavy atom. The van der Waals surface area contributed by atoms with Crippen molar-refractivity contribution in [2.45, 2.75) is 0 Å². The van der Waals surface area contributed by atoms with E-state index in [0.29, 0.717) is 11.4 Å². The van der Waals surface area contributed by atoms with Gasteiger partial charge in [0, 0.05) is 5.56 Å². The van der Waals surface area contributed by atoms with Crippen LogP contribution in [-0.2, 0) is 0 Å². The topological polar surface area (TPSA) is 39.2 Å². The van der Waals surface area contributed by atoms with Crippen LogP contribution < -0.4 is 4.74 Å². The fraction of sp³-hybridized carbons (Fsp3) is 0. The van der Waals surface area contributed by atoms with Crippen molar-refractivity contribution in [1.29, 1.82) is 0 Å². The molecular weight excluding hydrogens is 270 g/mol. The van der Waals surface area contributed by atoms with E-state index in [1.165, 1.54) is 11.3 Å². The van der Waals surface area contributed by atoms with E-state index < -0.39 is 5.97 Å². The Morgan fingerprint density at radius 1 is 0.950 bits per heavy atom. The molecule has 2 aromatic carbocycles. The number of aromatic nitrogens is 1. The van der Waals surface area contributed by atoms with Crippen LogP contribution in [0.4, 0.5) is 0 Å². The van der Waals surface area contributed by atoms with Gasteiger partial charge in [-0.3, -0.25) is 0 Å². The van der Waals surface area contributed by atoms with Crippen molar-refractivity contribution in [3.63, 3.8) is 0 Å². The number of esters is 1. The molecule has 0 aliphatic carbocycles. The summed E-state index contributed by atoms with van der Waals surface area (Å²) in [5, 5.41) is 2.57. The lowest BCUT2D eigenvalue weighted by Gasteiger charge is -2.00. The third-order valence-corrected chi connectivity index (χ3v) is 3.58. The number of thiazole rings is 1. The van der Waals surface area contributed by atoms with Gasteiger partial charge < -0.3 is 4.74 Å². The van der Waals surface area contributed by atoms with Gasteiger partial charge in [0.25, 0.3) is 0 Å². The maximum atomic E-state index is 11.9. The van der Waals surface area contributed by atoms with Crippen LogP contribution in [0.3, 0.4) is 0 Å². The number of carbonyl (C=O) groups is 1. The van der Waals surface area contributed by atoms with Gasteiger partial charge in [0.15, 0.2) is 0 Å². The van der Waals surface area contributed by atoms with Crippen molar-refractivity contribution in [3.05, 3.63) is 71.6 Å². The molecule has 0 fully saturated rings. The molecule has 0 radical (unpaired) electrons. The van der Waals surface area contributed by atoms with Gasteiger partial charge >= 0.3 is 5.97 Å². The number of carbonyl (C=O) groups excluding carboxylic acids is 1. The molecule has 0 saturated carbocycles. The molecule has 0 N–H and O–H groups in total. The number of rotatable bonds is 3. The van der Waals surface area contributed by atoms with Crippen LogP contribution in [0.15, 0.2) is 66.0 Å². The Labute approximate surface area is 120 Å². The summed E-state index contributed by atoms with van der Waals surface area (Å²) in [6, 6.07) is 18.7. The first-order chi connectivity index (χ1) is 9.83. The van der Waals surface area contributed by atoms with Crippen LogP contribution in [0.5, 0.6) is 5.88 Å². The van der Waals surface area contributed by atoms with Crippen LogP contribution in [0.1, 0.15) is 10.4 Å². The number of ether oxygens (including phenoxy) is 1. The third-order valence-electron chi connectivity index (χ3n) is 2.71. The summed E-state index contributed by atoms with van der Waals surface area (Å²) in [6.07, 6.45) is 0. The van der Waals surface area contributed by atoms with Crippen LogP contribution >= 0.6 is 11.3 Å². The molecule has 4 heteroatoms. The Bertz CT molecular complexity index is 708. The zero-order chi connectivity index (χ0) is 13.8. The van der Waals surface area contributed by atoms with Crippen molar-refractivity contribution in [1.82, 2.24) is 4.98 Å². The second kappa shape index (κ2) is 5.67. The van der Waals surface area contributed by atoms with Crippen LogP contribution in [-0.4, -0.2) is 11.0 Å². The quantitative estimate of drug-likeness (QED) is 0.680. The Kier molecular flexibility index (Phi) is 3.56. The third kappa shape index (κ3) is 2.75. The lowest BCUT2D eigenvalue weighted by Crippen LogP contribution is -2.08. The standard InChI is InChI=1S/C16H11NO2S/c18-16(13-9-5-2-6-10-13)19-14-11-20-15(17-14)12-7-3-1-4-8-12/h1-11H. The van der Waals surface area contributed by atoms with Gasteiger partial charge in [-0.1, -0.05) is 48.5 Å². The Morgan fingerprint density at radius 2 is 1.60 bits per heavy atom. The van der Waals surface area contributed by atoms with Gasteiger partial charge in [-0.2, -0.15) is 0 Å². The van der Waals surface area contributed by atoms with Crippen LogP contribution in [0.2, 0.25) is 0 Å². The summed E-state index contributed by atoms with van der Waals surface area (Å²) in [6.45, 7) is 0. The molecule has 0 saturated heterocycles. The second-order valence-electron chi connectivity index (χ2n) is 4.11. The first-order valence-corrected chi connectivity index (χ1v) is 6.99. The molecule has 3 rings (SSSR count). The first kappa shape index (κ1) is 12.6. The summed E-state index contributed by atoms with van der Waals surface area (Å²) in [5.41, 5.74) is 1.53. The molecule has 0 unspecified atom stereocenters. The van der Waals surface area contributed by atoms with Gasteiger partial charge in [0.2, 0.25) is 5.88 Å². The van der Waals surface area contributed by atoms with E-state index in [9.17, 15) is 4.79 Å². The number of hydrogen-bond donors (Lipinski definition) is 0. The summed E-state index contributed by atoms with van der Waals surface area (Å²) >= 11 is 1.45. The van der Waals surface area contributed by atoms with E-state index in [4.69, 9.17) is 4.74 Å². The molecule has 0 amide bonds. The maximum absolute atomic E-state index is 11.9. The van der Waals surface area contributed by atoms with E-state index in [0.717, 1.165) is 10.6 Å². The average molecular weight is 281 g/mol. The van der Waals surface area contributed by atoms with Crippen molar-refractivity contribution in [2.75, 3.05) is 0 Å².